The van der Waals surface area contributed by atoms with Crippen LogP contribution in [0.2, 0.25) is 0 Å². The van der Waals surface area contributed by atoms with Crippen molar-refractivity contribution in [1.29, 1.82) is 0 Å². The molecule has 0 spiro atoms. The lowest BCUT2D eigenvalue weighted by molar-refractivity contribution is -0.125. The number of benzene rings is 2. The van der Waals surface area contributed by atoms with E-state index >= 15 is 0 Å². The van der Waals surface area contributed by atoms with Gasteiger partial charge in [-0.2, -0.15) is 0 Å². The Labute approximate surface area is 141 Å². The highest BCUT2D eigenvalue weighted by atomic mass is 19.1. The molecule has 1 atom stereocenters. The summed E-state index contributed by atoms with van der Waals surface area (Å²) in [5.41, 5.74) is 1.76. The number of halogens is 1. The van der Waals surface area contributed by atoms with Gasteiger partial charge in [0.15, 0.2) is 0 Å². The lowest BCUT2D eigenvalue weighted by Gasteiger charge is -2.39. The van der Waals surface area contributed by atoms with Crippen LogP contribution in [0.4, 0.5) is 10.1 Å². The summed E-state index contributed by atoms with van der Waals surface area (Å²) in [5, 5.41) is 0. The van der Waals surface area contributed by atoms with E-state index in [1.165, 1.54) is 12.1 Å². The van der Waals surface area contributed by atoms with Crippen molar-refractivity contribution in [3.8, 4) is 5.75 Å². The van der Waals surface area contributed by atoms with Crippen LogP contribution in [0.25, 0.3) is 0 Å². The summed E-state index contributed by atoms with van der Waals surface area (Å²) >= 11 is 0. The fourth-order valence-corrected chi connectivity index (χ4v) is 3.00. The number of ether oxygens (including phenoxy) is 1. The van der Waals surface area contributed by atoms with Crippen molar-refractivity contribution in [3.63, 3.8) is 0 Å². The van der Waals surface area contributed by atoms with Gasteiger partial charge in [0.25, 0.3) is 0 Å². The maximum Gasteiger partial charge on any atom is 0.244 e. The second-order valence-electron chi connectivity index (χ2n) is 5.96. The van der Waals surface area contributed by atoms with Crippen molar-refractivity contribution >= 4 is 11.6 Å². The molecule has 5 heteroatoms. The van der Waals surface area contributed by atoms with Gasteiger partial charge in [-0.3, -0.25) is 9.69 Å². The van der Waals surface area contributed by atoms with E-state index in [9.17, 15) is 9.18 Å². The Balaban J connectivity index is 1.70. The molecule has 0 radical (unpaired) electrons. The summed E-state index contributed by atoms with van der Waals surface area (Å²) in [7, 11) is 1.64. The Morgan fingerprint density at radius 2 is 1.92 bits per heavy atom. The standard InChI is InChI=1S/C19H21FN2O2/c1-14-19(23)22(17-5-3-4-16(20)12-17)11-10-21(14)13-15-6-8-18(24-2)9-7-15/h3-9,12,14H,10-11,13H2,1-2H3/t14-/m0/s1. The summed E-state index contributed by atoms with van der Waals surface area (Å²) in [4.78, 5) is 16.5. The molecule has 0 saturated carbocycles. The highest BCUT2D eigenvalue weighted by Gasteiger charge is 2.32. The first-order valence-corrected chi connectivity index (χ1v) is 8.02. The predicted octanol–water partition coefficient (Wildman–Crippen LogP) is 3.07. The fraction of sp³-hybridized carbons (Fsp3) is 0.316. The van der Waals surface area contributed by atoms with E-state index in [0.717, 1.165) is 17.9 Å². The highest BCUT2D eigenvalue weighted by molar-refractivity contribution is 5.97. The van der Waals surface area contributed by atoms with Crippen LogP contribution in [0.1, 0.15) is 12.5 Å². The van der Waals surface area contributed by atoms with Crippen LogP contribution in [0, 0.1) is 5.82 Å². The average molecular weight is 328 g/mol. The Hall–Kier alpha value is -2.40. The molecule has 0 N–H and O–H groups in total. The minimum atomic E-state index is -0.325. The monoisotopic (exact) mass is 328 g/mol. The molecule has 24 heavy (non-hydrogen) atoms. The summed E-state index contributed by atoms with van der Waals surface area (Å²) in [6, 6.07) is 13.8. The van der Waals surface area contributed by atoms with Crippen molar-refractivity contribution in [1.82, 2.24) is 4.90 Å². The minimum Gasteiger partial charge on any atom is -0.497 e. The largest absolute Gasteiger partial charge is 0.497 e. The molecule has 0 aliphatic carbocycles. The molecule has 2 aromatic carbocycles. The Morgan fingerprint density at radius 3 is 2.58 bits per heavy atom. The first-order chi connectivity index (χ1) is 11.6. The van der Waals surface area contributed by atoms with Gasteiger partial charge in [-0.1, -0.05) is 18.2 Å². The van der Waals surface area contributed by atoms with Crippen molar-refractivity contribution in [2.75, 3.05) is 25.1 Å². The lowest BCUT2D eigenvalue weighted by atomic mass is 10.1. The van der Waals surface area contributed by atoms with Crippen LogP contribution in [0.15, 0.2) is 48.5 Å². The molecule has 3 rings (SSSR count). The van der Waals surface area contributed by atoms with E-state index < -0.39 is 0 Å². The van der Waals surface area contributed by atoms with Gasteiger partial charge in [0.1, 0.15) is 11.6 Å². The molecular formula is C19H21FN2O2. The topological polar surface area (TPSA) is 32.8 Å². The zero-order chi connectivity index (χ0) is 17.1. The quantitative estimate of drug-likeness (QED) is 0.865. The predicted molar refractivity (Wildman–Crippen MR) is 91.6 cm³/mol. The number of rotatable bonds is 4. The third-order valence-electron chi connectivity index (χ3n) is 4.45. The number of methoxy groups -OCH3 is 1. The third kappa shape index (κ3) is 3.41. The number of carbonyl (C=O) groups excluding carboxylic acids is 1. The second-order valence-corrected chi connectivity index (χ2v) is 5.96. The summed E-state index contributed by atoms with van der Waals surface area (Å²) < 4.78 is 18.6. The van der Waals surface area contributed by atoms with Crippen molar-refractivity contribution in [2.45, 2.75) is 19.5 Å². The second kappa shape index (κ2) is 7.01. The van der Waals surface area contributed by atoms with Crippen LogP contribution in [0.3, 0.4) is 0 Å². The van der Waals surface area contributed by atoms with Crippen LogP contribution in [-0.4, -0.2) is 37.0 Å². The smallest absolute Gasteiger partial charge is 0.244 e. The van der Waals surface area contributed by atoms with Gasteiger partial charge in [-0.15, -0.1) is 0 Å². The maximum absolute atomic E-state index is 13.4. The molecule has 0 unspecified atom stereocenters. The highest BCUT2D eigenvalue weighted by Crippen LogP contribution is 2.23. The molecule has 126 valence electrons. The average Bonchev–Trinajstić information content (AvgIpc) is 2.60. The molecule has 1 fully saturated rings. The van der Waals surface area contributed by atoms with Crippen molar-refractivity contribution in [3.05, 3.63) is 59.9 Å². The Bertz CT molecular complexity index is 718. The van der Waals surface area contributed by atoms with Gasteiger partial charge >= 0.3 is 0 Å². The van der Waals surface area contributed by atoms with Gasteiger partial charge < -0.3 is 9.64 Å². The zero-order valence-electron chi connectivity index (χ0n) is 13.9. The van der Waals surface area contributed by atoms with Gasteiger partial charge in [0, 0.05) is 25.3 Å². The number of hydrogen-bond acceptors (Lipinski definition) is 3. The van der Waals surface area contributed by atoms with E-state index in [1.54, 1.807) is 24.1 Å². The summed E-state index contributed by atoms with van der Waals surface area (Å²) in [5.74, 6) is 0.493. The number of nitrogens with zero attached hydrogens (tertiary/aromatic N) is 2. The first kappa shape index (κ1) is 16.5. The SMILES string of the molecule is COc1ccc(CN2CCN(c3cccc(F)c3)C(=O)[C@@H]2C)cc1. The molecule has 1 saturated heterocycles. The van der Waals surface area contributed by atoms with Gasteiger partial charge in [0.2, 0.25) is 5.91 Å². The molecule has 1 aliphatic heterocycles. The number of piperazine rings is 1. The fourth-order valence-electron chi connectivity index (χ4n) is 3.00. The Morgan fingerprint density at radius 1 is 1.17 bits per heavy atom. The van der Waals surface area contributed by atoms with Crippen molar-refractivity contribution in [2.24, 2.45) is 0 Å². The van der Waals surface area contributed by atoms with Crippen LogP contribution in [-0.2, 0) is 11.3 Å². The molecule has 0 aromatic heterocycles. The summed E-state index contributed by atoms with van der Waals surface area (Å²) in [6.45, 7) is 3.91. The summed E-state index contributed by atoms with van der Waals surface area (Å²) in [6.07, 6.45) is 0. The van der Waals surface area contributed by atoms with Crippen molar-refractivity contribution < 1.29 is 13.9 Å². The van der Waals surface area contributed by atoms with E-state index in [0.29, 0.717) is 18.8 Å². The molecule has 1 heterocycles. The maximum atomic E-state index is 13.4. The number of amides is 1. The van der Waals surface area contributed by atoms with E-state index in [4.69, 9.17) is 4.74 Å². The lowest BCUT2D eigenvalue weighted by Crippen LogP contribution is -2.55. The zero-order valence-corrected chi connectivity index (χ0v) is 13.9. The van der Waals surface area contributed by atoms with E-state index in [1.807, 2.05) is 31.2 Å². The number of hydrogen-bond donors (Lipinski definition) is 0. The van der Waals surface area contributed by atoms with Gasteiger partial charge in [0.05, 0.1) is 13.2 Å². The van der Waals surface area contributed by atoms with E-state index in [-0.39, 0.29) is 17.8 Å². The first-order valence-electron chi connectivity index (χ1n) is 8.02. The van der Waals surface area contributed by atoms with Crippen LogP contribution < -0.4 is 9.64 Å². The van der Waals surface area contributed by atoms with Gasteiger partial charge in [-0.25, -0.2) is 4.39 Å². The molecule has 4 nitrogen and oxygen atoms in total. The van der Waals surface area contributed by atoms with Crippen LogP contribution in [0.5, 0.6) is 5.75 Å². The number of carbonyl (C=O) groups is 1. The molecule has 0 bridgehead atoms. The molecule has 2 aromatic rings. The van der Waals surface area contributed by atoms with E-state index in [2.05, 4.69) is 4.90 Å². The molecule has 1 aliphatic rings. The molecule has 1 amide bonds. The minimum absolute atomic E-state index is 0.000335. The van der Waals surface area contributed by atoms with Crippen LogP contribution >= 0.6 is 0 Å². The molecular weight excluding hydrogens is 307 g/mol. The van der Waals surface area contributed by atoms with Gasteiger partial charge in [-0.05, 0) is 42.8 Å². The normalized spacial score (nSPS) is 18.7. The Kier molecular flexibility index (Phi) is 4.81. The number of anilines is 1. The third-order valence-corrected chi connectivity index (χ3v) is 4.45.